The van der Waals surface area contributed by atoms with Crippen molar-refractivity contribution in [2.45, 2.75) is 44.5 Å². The van der Waals surface area contributed by atoms with Crippen LogP contribution in [0.1, 0.15) is 38.3 Å². The normalized spacial score (nSPS) is 24.3. The molecule has 1 fully saturated rings. The third-order valence-electron chi connectivity index (χ3n) is 4.89. The number of hydrogen-bond acceptors (Lipinski definition) is 3. The average molecular weight is 372 g/mol. The van der Waals surface area contributed by atoms with E-state index in [1.54, 1.807) is 0 Å². The summed E-state index contributed by atoms with van der Waals surface area (Å²) in [7, 11) is 0. The van der Waals surface area contributed by atoms with Gasteiger partial charge >= 0.3 is 0 Å². The molecule has 0 bridgehead atoms. The number of hydrogen-bond donors (Lipinski definition) is 0. The van der Waals surface area contributed by atoms with Crippen LogP contribution in [0, 0.1) is 5.41 Å². The summed E-state index contributed by atoms with van der Waals surface area (Å²) in [6.07, 6.45) is 1.31. The average Bonchev–Trinajstić information content (AvgIpc) is 3.06. The van der Waals surface area contributed by atoms with E-state index in [-0.39, 0.29) is 5.91 Å². The first-order valence-corrected chi connectivity index (χ1v) is 9.16. The Morgan fingerprint density at radius 2 is 1.71 bits per heavy atom. The molecule has 1 amide bonds. The first kappa shape index (κ1) is 17.7. The zero-order valence-corrected chi connectivity index (χ0v) is 15.8. The molecule has 0 radical (unpaired) electrons. The zero-order valence-electron chi connectivity index (χ0n) is 14.3. The lowest BCUT2D eigenvalue weighted by Crippen LogP contribution is -2.41. The molecule has 1 heterocycles. The lowest BCUT2D eigenvalue weighted by Gasteiger charge is -2.32. The molecule has 24 heavy (non-hydrogen) atoms. The van der Waals surface area contributed by atoms with Gasteiger partial charge in [0.05, 0.1) is 18.6 Å². The number of carbonyl (C=O) groups is 1. The molecule has 1 aromatic rings. The second kappa shape index (κ2) is 6.30. The highest BCUT2D eigenvalue weighted by atomic mass is 35.5. The molecular weight excluding hydrogens is 349 g/mol. The van der Waals surface area contributed by atoms with Crippen molar-refractivity contribution < 1.29 is 14.3 Å². The summed E-state index contributed by atoms with van der Waals surface area (Å²) in [5.41, 5.74) is 1.64. The predicted molar refractivity (Wildman–Crippen MR) is 95.1 cm³/mol. The van der Waals surface area contributed by atoms with E-state index in [0.717, 1.165) is 23.5 Å². The third kappa shape index (κ3) is 2.95. The van der Waals surface area contributed by atoms with Crippen LogP contribution in [0.4, 0.5) is 0 Å². The summed E-state index contributed by atoms with van der Waals surface area (Å²) in [5, 5.41) is 0. The molecule has 1 unspecified atom stereocenters. The van der Waals surface area contributed by atoms with Gasteiger partial charge in [0.2, 0.25) is 5.91 Å². The molecule has 1 atom stereocenters. The summed E-state index contributed by atoms with van der Waals surface area (Å²) >= 11 is 12.3. The monoisotopic (exact) mass is 371 g/mol. The van der Waals surface area contributed by atoms with E-state index in [1.807, 2.05) is 37.8 Å². The number of halogens is 2. The van der Waals surface area contributed by atoms with Crippen molar-refractivity contribution in [3.8, 4) is 11.5 Å². The quantitative estimate of drug-likeness (QED) is 0.735. The second-order valence-electron chi connectivity index (χ2n) is 6.62. The molecule has 1 aliphatic heterocycles. The first-order chi connectivity index (χ1) is 11.3. The Morgan fingerprint density at radius 3 is 2.21 bits per heavy atom. The summed E-state index contributed by atoms with van der Waals surface area (Å²) in [5.74, 6) is 1.53. The van der Waals surface area contributed by atoms with Crippen LogP contribution in [0.2, 0.25) is 0 Å². The minimum Gasteiger partial charge on any atom is -0.490 e. The molecule has 2 aliphatic rings. The molecular formula is C18H23Cl2NO3. The van der Waals surface area contributed by atoms with Gasteiger partial charge in [-0.1, -0.05) is 0 Å². The van der Waals surface area contributed by atoms with Crippen LogP contribution in [0.3, 0.4) is 0 Å². The van der Waals surface area contributed by atoms with Gasteiger partial charge in [-0.05, 0) is 56.9 Å². The first-order valence-electron chi connectivity index (χ1n) is 8.41. The van der Waals surface area contributed by atoms with Crippen LogP contribution in [0.15, 0.2) is 12.1 Å². The van der Waals surface area contributed by atoms with E-state index >= 15 is 0 Å². The van der Waals surface area contributed by atoms with Gasteiger partial charge < -0.3 is 14.4 Å². The number of fused-ring (bicyclic) bond motifs is 1. The predicted octanol–water partition coefficient (Wildman–Crippen LogP) is 3.95. The lowest BCUT2D eigenvalue weighted by atomic mass is 9.97. The highest BCUT2D eigenvalue weighted by molar-refractivity contribution is 6.53. The number of benzene rings is 1. The van der Waals surface area contributed by atoms with Gasteiger partial charge in [-0.25, -0.2) is 0 Å². The van der Waals surface area contributed by atoms with Crippen molar-refractivity contribution in [3.05, 3.63) is 23.3 Å². The summed E-state index contributed by atoms with van der Waals surface area (Å²) in [6, 6.07) is 4.03. The molecule has 6 heteroatoms. The number of nitrogens with zero attached hydrogens (tertiary/aromatic N) is 1. The van der Waals surface area contributed by atoms with E-state index < -0.39 is 9.75 Å². The molecule has 0 saturated heterocycles. The molecule has 1 saturated carbocycles. The molecule has 0 aromatic heterocycles. The maximum Gasteiger partial charge on any atom is 0.231 e. The lowest BCUT2D eigenvalue weighted by molar-refractivity contribution is -0.137. The van der Waals surface area contributed by atoms with E-state index in [2.05, 4.69) is 0 Å². The third-order valence-corrected chi connectivity index (χ3v) is 6.00. The topological polar surface area (TPSA) is 38.8 Å². The molecule has 4 nitrogen and oxygen atoms in total. The van der Waals surface area contributed by atoms with Gasteiger partial charge in [-0.2, -0.15) is 0 Å². The van der Waals surface area contributed by atoms with Crippen LogP contribution >= 0.6 is 23.2 Å². The summed E-state index contributed by atoms with van der Waals surface area (Å²) in [4.78, 5) is 14.6. The Labute approximate surface area is 153 Å². The van der Waals surface area contributed by atoms with Crippen LogP contribution in [-0.2, 0) is 17.8 Å². The van der Waals surface area contributed by atoms with Crippen LogP contribution in [0.25, 0.3) is 0 Å². The van der Waals surface area contributed by atoms with E-state index in [9.17, 15) is 4.79 Å². The fraction of sp³-hybridized carbons (Fsp3) is 0.611. The van der Waals surface area contributed by atoms with Gasteiger partial charge in [-0.15, -0.1) is 23.2 Å². The number of carbonyl (C=O) groups excluding carboxylic acids is 1. The van der Waals surface area contributed by atoms with Crippen molar-refractivity contribution in [2.24, 2.45) is 5.41 Å². The van der Waals surface area contributed by atoms with Crippen molar-refractivity contribution >= 4 is 29.1 Å². The molecule has 0 N–H and O–H groups in total. The highest BCUT2D eigenvalue weighted by Gasteiger charge is 2.68. The van der Waals surface area contributed by atoms with Crippen LogP contribution in [-0.4, -0.2) is 34.9 Å². The van der Waals surface area contributed by atoms with E-state index in [4.69, 9.17) is 32.7 Å². The van der Waals surface area contributed by atoms with Crippen LogP contribution < -0.4 is 9.47 Å². The Balaban J connectivity index is 1.82. The highest BCUT2D eigenvalue weighted by Crippen LogP contribution is 2.64. The summed E-state index contributed by atoms with van der Waals surface area (Å²) < 4.78 is 10.4. The van der Waals surface area contributed by atoms with Gasteiger partial charge in [0, 0.05) is 13.1 Å². The van der Waals surface area contributed by atoms with Crippen molar-refractivity contribution in [1.82, 2.24) is 4.90 Å². The van der Waals surface area contributed by atoms with Gasteiger partial charge in [0.15, 0.2) is 11.5 Å². The summed E-state index contributed by atoms with van der Waals surface area (Å²) in [6.45, 7) is 8.13. The van der Waals surface area contributed by atoms with E-state index in [0.29, 0.717) is 32.7 Å². The second-order valence-corrected chi connectivity index (χ2v) is 8.11. The smallest absolute Gasteiger partial charge is 0.231 e. The van der Waals surface area contributed by atoms with Crippen molar-refractivity contribution in [3.63, 3.8) is 0 Å². The SMILES string of the molecule is CCOc1cc2c(cc1OCC)CN(C(=O)C1(C)CC1(Cl)Cl)CC2. The van der Waals surface area contributed by atoms with Gasteiger partial charge in [0.1, 0.15) is 4.33 Å². The molecule has 1 aromatic carbocycles. The standard InChI is InChI=1S/C18H23Cl2NO3/c1-4-23-14-8-12-6-7-21(10-13(12)9-15(14)24-5-2)16(22)17(3)11-18(17,19)20/h8-9H,4-7,10-11H2,1-3H3. The Kier molecular flexibility index (Phi) is 4.65. The van der Waals surface area contributed by atoms with Crippen molar-refractivity contribution in [2.75, 3.05) is 19.8 Å². The minimum atomic E-state index is -0.931. The fourth-order valence-corrected chi connectivity index (χ4v) is 3.95. The Hall–Kier alpha value is -1.13. The molecule has 0 spiro atoms. The number of amides is 1. The molecule has 3 rings (SSSR count). The molecule has 132 valence electrons. The van der Waals surface area contributed by atoms with Crippen molar-refractivity contribution in [1.29, 1.82) is 0 Å². The number of alkyl halides is 2. The minimum absolute atomic E-state index is 0.0324. The van der Waals surface area contributed by atoms with Gasteiger partial charge in [0.25, 0.3) is 0 Å². The zero-order chi connectivity index (χ0) is 17.5. The Bertz CT molecular complexity index is 662. The largest absolute Gasteiger partial charge is 0.490 e. The Morgan fingerprint density at radius 1 is 1.17 bits per heavy atom. The number of rotatable bonds is 5. The maximum absolute atomic E-state index is 12.8. The van der Waals surface area contributed by atoms with Crippen LogP contribution in [0.5, 0.6) is 11.5 Å². The number of ether oxygens (including phenoxy) is 2. The van der Waals surface area contributed by atoms with E-state index in [1.165, 1.54) is 5.56 Å². The maximum atomic E-state index is 12.8. The molecule has 1 aliphatic carbocycles. The van der Waals surface area contributed by atoms with Gasteiger partial charge in [-0.3, -0.25) is 4.79 Å². The fourth-order valence-electron chi connectivity index (χ4n) is 3.25.